The Kier molecular flexibility index (Phi) is 2.05. The van der Waals surface area contributed by atoms with Crippen molar-refractivity contribution in [1.29, 1.82) is 0 Å². The first-order chi connectivity index (χ1) is 6.31. The molecule has 0 N–H and O–H groups in total. The highest BCUT2D eigenvalue weighted by atomic mass is 19.1. The largest absolute Gasteiger partial charge is 0.464 e. The predicted octanol–water partition coefficient (Wildman–Crippen LogP) is 3.52. The van der Waals surface area contributed by atoms with E-state index in [0.29, 0.717) is 0 Å². The van der Waals surface area contributed by atoms with Gasteiger partial charge in [0, 0.05) is 5.39 Å². The van der Waals surface area contributed by atoms with Crippen molar-refractivity contribution >= 4 is 11.0 Å². The van der Waals surface area contributed by atoms with Crippen molar-refractivity contribution in [3.8, 4) is 0 Å². The Bertz CT molecular complexity index is 417. The molecule has 0 fully saturated rings. The van der Waals surface area contributed by atoms with Gasteiger partial charge in [-0.3, -0.25) is 0 Å². The first-order valence-corrected chi connectivity index (χ1v) is 4.47. The second kappa shape index (κ2) is 3.21. The minimum atomic E-state index is -0.183. The van der Waals surface area contributed by atoms with Gasteiger partial charge in [-0.05, 0) is 30.2 Å². The van der Waals surface area contributed by atoms with Crippen LogP contribution in [0.5, 0.6) is 0 Å². The van der Waals surface area contributed by atoms with Crippen LogP contribution >= 0.6 is 0 Å². The van der Waals surface area contributed by atoms with Crippen molar-refractivity contribution in [1.82, 2.24) is 0 Å². The molecule has 2 heteroatoms. The summed E-state index contributed by atoms with van der Waals surface area (Å²) >= 11 is 0. The number of rotatable bonds is 2. The van der Waals surface area contributed by atoms with Crippen molar-refractivity contribution in [2.75, 3.05) is 0 Å². The van der Waals surface area contributed by atoms with Crippen molar-refractivity contribution in [2.24, 2.45) is 0 Å². The zero-order valence-electron chi connectivity index (χ0n) is 7.51. The number of hydrogen-bond donors (Lipinski definition) is 0. The van der Waals surface area contributed by atoms with Crippen molar-refractivity contribution in [3.63, 3.8) is 0 Å². The van der Waals surface area contributed by atoms with Gasteiger partial charge in [-0.1, -0.05) is 13.3 Å². The Balaban J connectivity index is 2.63. The number of benzene rings is 1. The van der Waals surface area contributed by atoms with E-state index in [1.54, 1.807) is 18.4 Å². The summed E-state index contributed by atoms with van der Waals surface area (Å²) < 4.78 is 18.3. The van der Waals surface area contributed by atoms with Gasteiger partial charge in [0.2, 0.25) is 0 Å². The van der Waals surface area contributed by atoms with Crippen molar-refractivity contribution in [3.05, 3.63) is 35.8 Å². The minimum absolute atomic E-state index is 0.183. The molecule has 0 saturated carbocycles. The molecule has 0 unspecified atom stereocenters. The van der Waals surface area contributed by atoms with E-state index in [2.05, 4.69) is 6.92 Å². The molecule has 2 aromatic rings. The summed E-state index contributed by atoms with van der Waals surface area (Å²) in [5.74, 6) is -0.183. The Morgan fingerprint density at radius 1 is 1.38 bits per heavy atom. The lowest BCUT2D eigenvalue weighted by Gasteiger charge is -1.99. The van der Waals surface area contributed by atoms with E-state index in [9.17, 15) is 4.39 Å². The molecule has 0 saturated heterocycles. The molecule has 1 aromatic carbocycles. The molecule has 0 atom stereocenters. The molecule has 0 radical (unpaired) electrons. The smallest absolute Gasteiger partial charge is 0.137 e. The van der Waals surface area contributed by atoms with Crippen molar-refractivity contribution in [2.45, 2.75) is 19.8 Å². The molecule has 0 aliphatic heterocycles. The van der Waals surface area contributed by atoms with Gasteiger partial charge in [0.15, 0.2) is 0 Å². The molecule has 68 valence electrons. The topological polar surface area (TPSA) is 13.1 Å². The maximum Gasteiger partial charge on any atom is 0.137 e. The van der Waals surface area contributed by atoms with Gasteiger partial charge in [0.25, 0.3) is 0 Å². The molecule has 1 heterocycles. The second-order valence-corrected chi connectivity index (χ2v) is 3.15. The maximum absolute atomic E-state index is 13.1. The van der Waals surface area contributed by atoms with Crippen LogP contribution in [0.1, 0.15) is 18.9 Å². The standard InChI is InChI=1S/C11H11FO/c1-2-3-8-6-10(12)7-9-4-5-13-11(8)9/h4-7H,2-3H2,1H3. The zero-order valence-corrected chi connectivity index (χ0v) is 7.51. The fourth-order valence-corrected chi connectivity index (χ4v) is 1.57. The summed E-state index contributed by atoms with van der Waals surface area (Å²) in [6, 6.07) is 4.84. The molecule has 0 spiro atoms. The molecule has 1 aromatic heterocycles. The molecule has 13 heavy (non-hydrogen) atoms. The number of halogens is 1. The van der Waals surface area contributed by atoms with E-state index >= 15 is 0 Å². The average Bonchev–Trinajstić information content (AvgIpc) is 2.52. The lowest BCUT2D eigenvalue weighted by Crippen LogP contribution is -1.85. The van der Waals surface area contributed by atoms with Crippen LogP contribution in [0.4, 0.5) is 4.39 Å². The van der Waals surface area contributed by atoms with Gasteiger partial charge in [0.05, 0.1) is 6.26 Å². The molecule has 0 aliphatic carbocycles. The van der Waals surface area contributed by atoms with E-state index in [0.717, 1.165) is 29.4 Å². The Morgan fingerprint density at radius 2 is 2.23 bits per heavy atom. The number of furan rings is 1. The van der Waals surface area contributed by atoms with E-state index in [1.165, 1.54) is 6.07 Å². The highest BCUT2D eigenvalue weighted by Crippen LogP contribution is 2.22. The molecule has 1 nitrogen and oxygen atoms in total. The Labute approximate surface area is 76.2 Å². The summed E-state index contributed by atoms with van der Waals surface area (Å²) in [7, 11) is 0. The van der Waals surface area contributed by atoms with Crippen LogP contribution in [-0.4, -0.2) is 0 Å². The van der Waals surface area contributed by atoms with Crippen LogP contribution in [0.2, 0.25) is 0 Å². The first-order valence-electron chi connectivity index (χ1n) is 4.47. The van der Waals surface area contributed by atoms with Crippen LogP contribution in [0.15, 0.2) is 28.9 Å². The van der Waals surface area contributed by atoms with Crippen LogP contribution in [0.3, 0.4) is 0 Å². The second-order valence-electron chi connectivity index (χ2n) is 3.15. The van der Waals surface area contributed by atoms with Crippen LogP contribution < -0.4 is 0 Å². The third kappa shape index (κ3) is 1.44. The van der Waals surface area contributed by atoms with Gasteiger partial charge >= 0.3 is 0 Å². The first kappa shape index (κ1) is 8.30. The molecule has 0 aliphatic rings. The summed E-state index contributed by atoms with van der Waals surface area (Å²) in [5, 5.41) is 0.850. The van der Waals surface area contributed by atoms with Crippen LogP contribution in [0, 0.1) is 5.82 Å². The summed E-state index contributed by atoms with van der Waals surface area (Å²) in [6.45, 7) is 2.07. The van der Waals surface area contributed by atoms with Crippen LogP contribution in [0.25, 0.3) is 11.0 Å². The summed E-state index contributed by atoms with van der Waals surface area (Å²) in [5.41, 5.74) is 1.78. The van der Waals surface area contributed by atoms with E-state index in [1.807, 2.05) is 0 Å². The van der Waals surface area contributed by atoms with Gasteiger partial charge in [-0.25, -0.2) is 4.39 Å². The van der Waals surface area contributed by atoms with Gasteiger partial charge in [-0.2, -0.15) is 0 Å². The third-order valence-corrected chi connectivity index (χ3v) is 2.11. The molecule has 0 bridgehead atoms. The Hall–Kier alpha value is -1.31. The lowest BCUT2D eigenvalue weighted by atomic mass is 10.1. The Morgan fingerprint density at radius 3 is 3.00 bits per heavy atom. The van der Waals surface area contributed by atoms with Crippen molar-refractivity contribution < 1.29 is 8.81 Å². The lowest BCUT2D eigenvalue weighted by molar-refractivity contribution is 0.602. The SMILES string of the molecule is CCCc1cc(F)cc2ccoc12. The maximum atomic E-state index is 13.1. The molecule has 2 rings (SSSR count). The molecule has 0 amide bonds. The number of aryl methyl sites for hydroxylation is 1. The summed E-state index contributed by atoms with van der Waals surface area (Å²) in [4.78, 5) is 0. The quantitative estimate of drug-likeness (QED) is 0.685. The van der Waals surface area contributed by atoms with Gasteiger partial charge < -0.3 is 4.42 Å². The molecular formula is C11H11FO. The van der Waals surface area contributed by atoms with E-state index in [4.69, 9.17) is 4.42 Å². The predicted molar refractivity (Wildman–Crippen MR) is 50.2 cm³/mol. The highest BCUT2D eigenvalue weighted by molar-refractivity contribution is 5.80. The van der Waals surface area contributed by atoms with Gasteiger partial charge in [-0.15, -0.1) is 0 Å². The van der Waals surface area contributed by atoms with E-state index < -0.39 is 0 Å². The fourth-order valence-electron chi connectivity index (χ4n) is 1.57. The zero-order chi connectivity index (χ0) is 9.26. The fraction of sp³-hybridized carbons (Fsp3) is 0.273. The monoisotopic (exact) mass is 178 g/mol. The molecular weight excluding hydrogens is 167 g/mol. The van der Waals surface area contributed by atoms with E-state index in [-0.39, 0.29) is 5.82 Å². The number of fused-ring (bicyclic) bond motifs is 1. The van der Waals surface area contributed by atoms with Crippen LogP contribution in [-0.2, 0) is 6.42 Å². The van der Waals surface area contributed by atoms with Gasteiger partial charge in [0.1, 0.15) is 11.4 Å². The minimum Gasteiger partial charge on any atom is -0.464 e. The highest BCUT2D eigenvalue weighted by Gasteiger charge is 2.05. The normalized spacial score (nSPS) is 10.9. The summed E-state index contributed by atoms with van der Waals surface area (Å²) in [6.07, 6.45) is 3.46. The number of hydrogen-bond acceptors (Lipinski definition) is 1. The average molecular weight is 178 g/mol. The third-order valence-electron chi connectivity index (χ3n) is 2.11.